The number of nitrogens with one attached hydrogen (secondary N) is 1. The van der Waals surface area contributed by atoms with E-state index in [9.17, 15) is 13.2 Å². The third-order valence-electron chi connectivity index (χ3n) is 3.74. The lowest BCUT2D eigenvalue weighted by Gasteiger charge is -2.27. The zero-order valence-corrected chi connectivity index (χ0v) is 11.5. The average molecular weight is 287 g/mol. The first-order chi connectivity index (χ1) is 9.42. The van der Waals surface area contributed by atoms with E-state index in [0.29, 0.717) is 12.6 Å². The zero-order chi connectivity index (χ0) is 14.6. The molecule has 0 amide bonds. The van der Waals surface area contributed by atoms with Gasteiger partial charge in [0.25, 0.3) is 0 Å². The standard InChI is InChI=1S/C15H20F3NO/c1-11-5-7-13(8-6-11)19-10-12-3-2-4-14(9-12)20-15(16,17)18/h2-4,9,11,13,19H,5-8,10H2,1H3. The number of alkyl halides is 3. The van der Waals surface area contributed by atoms with E-state index in [-0.39, 0.29) is 5.75 Å². The van der Waals surface area contributed by atoms with Gasteiger partial charge < -0.3 is 10.1 Å². The van der Waals surface area contributed by atoms with Gasteiger partial charge in [-0.2, -0.15) is 0 Å². The number of ether oxygens (including phenoxy) is 1. The van der Waals surface area contributed by atoms with Crippen LogP contribution in [0, 0.1) is 5.92 Å². The van der Waals surface area contributed by atoms with Gasteiger partial charge in [-0.15, -0.1) is 13.2 Å². The van der Waals surface area contributed by atoms with Crippen LogP contribution in [0.5, 0.6) is 5.75 Å². The van der Waals surface area contributed by atoms with Gasteiger partial charge in [0.2, 0.25) is 0 Å². The van der Waals surface area contributed by atoms with E-state index in [0.717, 1.165) is 24.3 Å². The van der Waals surface area contributed by atoms with Crippen molar-refractivity contribution in [1.29, 1.82) is 0 Å². The molecule has 1 aromatic rings. The van der Waals surface area contributed by atoms with Gasteiger partial charge in [0.05, 0.1) is 0 Å². The highest BCUT2D eigenvalue weighted by Crippen LogP contribution is 2.25. The van der Waals surface area contributed by atoms with Gasteiger partial charge in [-0.25, -0.2) is 0 Å². The first kappa shape index (κ1) is 15.2. The van der Waals surface area contributed by atoms with Gasteiger partial charge in [0.1, 0.15) is 5.75 Å². The Morgan fingerprint density at radius 1 is 1.20 bits per heavy atom. The van der Waals surface area contributed by atoms with Crippen LogP contribution in [0.3, 0.4) is 0 Å². The summed E-state index contributed by atoms with van der Waals surface area (Å²) >= 11 is 0. The predicted octanol–water partition coefficient (Wildman–Crippen LogP) is 4.25. The second kappa shape index (κ2) is 6.48. The molecule has 1 fully saturated rings. The Kier molecular flexibility index (Phi) is 4.91. The summed E-state index contributed by atoms with van der Waals surface area (Å²) < 4.78 is 40.4. The molecule has 1 N–H and O–H groups in total. The maximum atomic E-state index is 12.1. The van der Waals surface area contributed by atoms with Crippen LogP contribution in [0.2, 0.25) is 0 Å². The van der Waals surface area contributed by atoms with Gasteiger partial charge in [-0.1, -0.05) is 19.1 Å². The molecule has 0 radical (unpaired) electrons. The van der Waals surface area contributed by atoms with Gasteiger partial charge in [-0.3, -0.25) is 0 Å². The molecule has 1 saturated carbocycles. The monoisotopic (exact) mass is 287 g/mol. The zero-order valence-electron chi connectivity index (χ0n) is 11.5. The SMILES string of the molecule is CC1CCC(NCc2cccc(OC(F)(F)F)c2)CC1. The topological polar surface area (TPSA) is 21.3 Å². The molecular formula is C15H20F3NO. The van der Waals surface area contributed by atoms with Gasteiger partial charge in [0.15, 0.2) is 0 Å². The minimum atomic E-state index is -4.63. The van der Waals surface area contributed by atoms with Crippen molar-refractivity contribution in [2.45, 2.75) is 51.6 Å². The van der Waals surface area contributed by atoms with Crippen molar-refractivity contribution >= 4 is 0 Å². The highest BCUT2D eigenvalue weighted by molar-refractivity contribution is 5.28. The Hall–Kier alpha value is -1.23. The van der Waals surface area contributed by atoms with Crippen LogP contribution in [-0.4, -0.2) is 12.4 Å². The third-order valence-corrected chi connectivity index (χ3v) is 3.74. The Balaban J connectivity index is 1.85. The molecule has 1 aliphatic carbocycles. The van der Waals surface area contributed by atoms with Crippen molar-refractivity contribution < 1.29 is 17.9 Å². The van der Waals surface area contributed by atoms with Crippen molar-refractivity contribution in [2.24, 2.45) is 5.92 Å². The lowest BCUT2D eigenvalue weighted by molar-refractivity contribution is -0.274. The fourth-order valence-corrected chi connectivity index (χ4v) is 2.58. The van der Waals surface area contributed by atoms with Gasteiger partial charge in [0, 0.05) is 12.6 Å². The molecule has 0 aromatic heterocycles. The van der Waals surface area contributed by atoms with Crippen LogP contribution in [0.15, 0.2) is 24.3 Å². The Bertz CT molecular complexity index is 425. The van der Waals surface area contributed by atoms with Crippen molar-refractivity contribution in [3.63, 3.8) is 0 Å². The molecule has 1 aliphatic rings. The minimum absolute atomic E-state index is 0.158. The summed E-state index contributed by atoms with van der Waals surface area (Å²) in [5.41, 5.74) is 0.811. The molecular weight excluding hydrogens is 267 g/mol. The Morgan fingerprint density at radius 2 is 1.90 bits per heavy atom. The van der Waals surface area contributed by atoms with Crippen LogP contribution in [0.4, 0.5) is 13.2 Å². The summed E-state index contributed by atoms with van der Waals surface area (Å²) in [6, 6.07) is 6.62. The molecule has 0 aliphatic heterocycles. The second-order valence-corrected chi connectivity index (χ2v) is 5.53. The highest BCUT2D eigenvalue weighted by atomic mass is 19.4. The third kappa shape index (κ3) is 5.04. The maximum Gasteiger partial charge on any atom is 0.573 e. The lowest BCUT2D eigenvalue weighted by Crippen LogP contribution is -2.32. The normalized spacial score (nSPS) is 23.6. The molecule has 0 bridgehead atoms. The smallest absolute Gasteiger partial charge is 0.406 e. The number of hydrogen-bond donors (Lipinski definition) is 1. The Morgan fingerprint density at radius 3 is 2.55 bits per heavy atom. The molecule has 0 heterocycles. The van der Waals surface area contributed by atoms with E-state index in [1.807, 2.05) is 6.07 Å². The van der Waals surface area contributed by atoms with E-state index in [4.69, 9.17) is 0 Å². The van der Waals surface area contributed by atoms with Crippen LogP contribution in [0.25, 0.3) is 0 Å². The van der Waals surface area contributed by atoms with Crippen molar-refractivity contribution in [3.8, 4) is 5.75 Å². The van der Waals surface area contributed by atoms with E-state index in [1.165, 1.54) is 25.0 Å². The summed E-state index contributed by atoms with van der Waals surface area (Å²) in [5, 5.41) is 3.41. The summed E-state index contributed by atoms with van der Waals surface area (Å²) in [7, 11) is 0. The molecule has 0 unspecified atom stereocenters. The molecule has 2 nitrogen and oxygen atoms in total. The van der Waals surface area contributed by atoms with Crippen molar-refractivity contribution in [2.75, 3.05) is 0 Å². The Labute approximate surface area is 117 Å². The maximum absolute atomic E-state index is 12.1. The summed E-state index contributed by atoms with van der Waals surface area (Å²) in [6.45, 7) is 2.84. The van der Waals surface area contributed by atoms with Crippen molar-refractivity contribution in [1.82, 2.24) is 5.32 Å². The molecule has 20 heavy (non-hydrogen) atoms. The average Bonchev–Trinajstić information content (AvgIpc) is 2.36. The number of hydrogen-bond acceptors (Lipinski definition) is 2. The molecule has 2 rings (SSSR count). The van der Waals surface area contributed by atoms with E-state index >= 15 is 0 Å². The van der Waals surface area contributed by atoms with E-state index in [1.54, 1.807) is 6.07 Å². The first-order valence-electron chi connectivity index (χ1n) is 7.00. The summed E-state index contributed by atoms with van der Waals surface area (Å²) in [5.74, 6) is 0.630. The second-order valence-electron chi connectivity index (χ2n) is 5.53. The van der Waals surface area contributed by atoms with Crippen LogP contribution < -0.4 is 10.1 Å². The summed E-state index contributed by atoms with van der Waals surface area (Å²) in [4.78, 5) is 0. The fourth-order valence-electron chi connectivity index (χ4n) is 2.58. The summed E-state index contributed by atoms with van der Waals surface area (Å²) in [6.07, 6.45) is 0.0785. The molecule has 0 spiro atoms. The van der Waals surface area contributed by atoms with Crippen LogP contribution in [0.1, 0.15) is 38.2 Å². The number of halogens is 3. The molecule has 0 saturated heterocycles. The first-order valence-corrected chi connectivity index (χ1v) is 7.00. The quantitative estimate of drug-likeness (QED) is 0.893. The minimum Gasteiger partial charge on any atom is -0.406 e. The fraction of sp³-hybridized carbons (Fsp3) is 0.600. The highest BCUT2D eigenvalue weighted by Gasteiger charge is 2.31. The molecule has 0 atom stereocenters. The number of rotatable bonds is 4. The van der Waals surface area contributed by atoms with Crippen LogP contribution in [-0.2, 0) is 6.54 Å². The largest absolute Gasteiger partial charge is 0.573 e. The van der Waals surface area contributed by atoms with Gasteiger partial charge in [-0.05, 0) is 49.3 Å². The van der Waals surface area contributed by atoms with E-state index in [2.05, 4.69) is 17.0 Å². The molecule has 112 valence electrons. The lowest BCUT2D eigenvalue weighted by atomic mass is 9.87. The molecule has 5 heteroatoms. The molecule has 1 aromatic carbocycles. The number of benzene rings is 1. The van der Waals surface area contributed by atoms with Gasteiger partial charge >= 0.3 is 6.36 Å². The van der Waals surface area contributed by atoms with Crippen molar-refractivity contribution in [3.05, 3.63) is 29.8 Å². The predicted molar refractivity (Wildman–Crippen MR) is 71.4 cm³/mol. The van der Waals surface area contributed by atoms with E-state index < -0.39 is 6.36 Å². The van der Waals surface area contributed by atoms with Crippen LogP contribution >= 0.6 is 0 Å².